The van der Waals surface area contributed by atoms with Gasteiger partial charge in [-0.15, -0.1) is 0 Å². The van der Waals surface area contributed by atoms with Gasteiger partial charge in [-0.1, -0.05) is 60.7 Å². The second kappa shape index (κ2) is 13.3. The van der Waals surface area contributed by atoms with Crippen LogP contribution in [0.2, 0.25) is 0 Å². The van der Waals surface area contributed by atoms with Crippen molar-refractivity contribution in [1.29, 1.82) is 0 Å². The first-order valence-electron chi connectivity index (χ1n) is 14.9. The Balaban J connectivity index is 1.20. The van der Waals surface area contributed by atoms with Crippen molar-refractivity contribution in [2.75, 3.05) is 10.6 Å². The Morgan fingerprint density at radius 1 is 0.711 bits per heavy atom. The first-order chi connectivity index (χ1) is 21.9. The molecule has 6 rings (SSSR count). The molecule has 6 aromatic rings. The van der Waals surface area contributed by atoms with Crippen LogP contribution in [0.1, 0.15) is 35.2 Å². The van der Waals surface area contributed by atoms with E-state index in [0.717, 1.165) is 38.6 Å². The number of nitrogens with one attached hydrogen (secondary N) is 2. The van der Waals surface area contributed by atoms with Gasteiger partial charge in [-0.05, 0) is 83.4 Å². The molecule has 7 nitrogen and oxygen atoms in total. The maximum absolute atomic E-state index is 13.8. The highest BCUT2D eigenvalue weighted by Crippen LogP contribution is 2.29. The van der Waals surface area contributed by atoms with Crippen LogP contribution in [-0.2, 0) is 16.0 Å². The number of hydrogen-bond acceptors (Lipinski definition) is 5. The number of carbonyl (C=O) groups excluding carboxylic acids is 2. The van der Waals surface area contributed by atoms with E-state index >= 15 is 0 Å². The number of carboxylic acid groups (broad SMARTS) is 1. The molecule has 0 radical (unpaired) electrons. The largest absolute Gasteiger partial charge is 0.481 e. The minimum Gasteiger partial charge on any atom is -0.481 e. The molecule has 0 bridgehead atoms. The van der Waals surface area contributed by atoms with Gasteiger partial charge in [-0.25, -0.2) is 0 Å². The minimum absolute atomic E-state index is 0.0427. The topological polar surface area (TPSA) is 109 Å². The van der Waals surface area contributed by atoms with Crippen molar-refractivity contribution in [3.63, 3.8) is 0 Å². The summed E-state index contributed by atoms with van der Waals surface area (Å²) in [5, 5.41) is 18.5. The van der Waals surface area contributed by atoms with Crippen molar-refractivity contribution in [1.82, 2.24) is 0 Å². The smallest absolute Gasteiger partial charge is 0.303 e. The fourth-order valence-corrected chi connectivity index (χ4v) is 5.47. The van der Waals surface area contributed by atoms with Gasteiger partial charge in [-0.3, -0.25) is 14.4 Å². The van der Waals surface area contributed by atoms with E-state index in [9.17, 15) is 14.4 Å². The predicted molar refractivity (Wildman–Crippen MR) is 178 cm³/mol. The maximum atomic E-state index is 13.8. The van der Waals surface area contributed by atoms with E-state index in [2.05, 4.69) is 28.8 Å². The van der Waals surface area contributed by atoms with Gasteiger partial charge in [0.15, 0.2) is 5.78 Å². The van der Waals surface area contributed by atoms with Crippen molar-refractivity contribution in [2.24, 2.45) is 0 Å². The third-order valence-corrected chi connectivity index (χ3v) is 7.83. The first kappa shape index (κ1) is 29.4. The zero-order valence-corrected chi connectivity index (χ0v) is 24.5. The number of benzene rings is 5. The number of aliphatic carboxylic acids is 1. The molecule has 1 amide bonds. The molecule has 3 N–H and O–H groups in total. The average molecular weight is 597 g/mol. The van der Waals surface area contributed by atoms with Crippen LogP contribution in [0, 0.1) is 0 Å². The third kappa shape index (κ3) is 7.11. The molecule has 0 saturated carbocycles. The summed E-state index contributed by atoms with van der Waals surface area (Å²) < 4.78 is 5.99. The second-order valence-electron chi connectivity index (χ2n) is 11.0. The normalized spacial score (nSPS) is 11.7. The van der Waals surface area contributed by atoms with E-state index in [1.54, 1.807) is 24.3 Å². The van der Waals surface area contributed by atoms with Crippen molar-refractivity contribution in [3.8, 4) is 11.3 Å². The van der Waals surface area contributed by atoms with Crippen LogP contribution in [0.25, 0.3) is 33.1 Å². The lowest BCUT2D eigenvalue weighted by Crippen LogP contribution is -2.36. The van der Waals surface area contributed by atoms with Crippen LogP contribution in [-0.4, -0.2) is 28.8 Å². The summed E-state index contributed by atoms with van der Waals surface area (Å²) in [6.07, 6.45) is 0.847. The molecule has 0 unspecified atom stereocenters. The fourth-order valence-electron chi connectivity index (χ4n) is 5.47. The average Bonchev–Trinajstić information content (AvgIpc) is 3.49. The Hall–Kier alpha value is -5.69. The van der Waals surface area contributed by atoms with Gasteiger partial charge in [0.25, 0.3) is 0 Å². The molecule has 0 saturated heterocycles. The van der Waals surface area contributed by atoms with Crippen LogP contribution in [0.15, 0.2) is 126 Å². The summed E-state index contributed by atoms with van der Waals surface area (Å²) in [6, 6.07) is 37.9. The van der Waals surface area contributed by atoms with Crippen molar-refractivity contribution >= 4 is 50.8 Å². The van der Waals surface area contributed by atoms with Gasteiger partial charge in [0.2, 0.25) is 5.91 Å². The Bertz CT molecular complexity index is 1940. The quantitative estimate of drug-likeness (QED) is 0.123. The highest BCUT2D eigenvalue weighted by atomic mass is 16.4. The monoisotopic (exact) mass is 596 g/mol. The summed E-state index contributed by atoms with van der Waals surface area (Å²) in [7, 11) is 0. The summed E-state index contributed by atoms with van der Waals surface area (Å²) in [5.74, 6) is -0.472. The van der Waals surface area contributed by atoms with E-state index in [1.165, 1.54) is 0 Å². The summed E-state index contributed by atoms with van der Waals surface area (Å²) in [6.45, 7) is 0. The molecule has 0 aliphatic heterocycles. The highest BCUT2D eigenvalue weighted by Gasteiger charge is 2.21. The van der Waals surface area contributed by atoms with E-state index in [0.29, 0.717) is 29.8 Å². The number of anilines is 2. The van der Waals surface area contributed by atoms with Crippen LogP contribution >= 0.6 is 0 Å². The SMILES string of the molecule is O=C(O)CCCC(=O)c1ccc(N[C@@H](Cc2cccc3ccccc23)C(=O)Nc2ccc(-c3cc4ccccc4o3)cc2)cc1. The third-order valence-electron chi connectivity index (χ3n) is 7.83. The molecule has 5 aromatic carbocycles. The summed E-state index contributed by atoms with van der Waals surface area (Å²) >= 11 is 0. The molecule has 45 heavy (non-hydrogen) atoms. The van der Waals surface area contributed by atoms with Gasteiger partial charge >= 0.3 is 5.97 Å². The number of fused-ring (bicyclic) bond motifs is 2. The molecule has 0 aliphatic rings. The lowest BCUT2D eigenvalue weighted by Gasteiger charge is -2.21. The van der Waals surface area contributed by atoms with Crippen molar-refractivity contribution in [2.45, 2.75) is 31.7 Å². The number of Topliss-reactive ketones (excluding diaryl/α,β-unsaturated/α-hetero) is 1. The first-order valence-corrected chi connectivity index (χ1v) is 14.9. The molecule has 0 spiro atoms. The van der Waals surface area contributed by atoms with Crippen LogP contribution in [0.4, 0.5) is 11.4 Å². The summed E-state index contributed by atoms with van der Waals surface area (Å²) in [5.41, 5.74) is 4.62. The van der Waals surface area contributed by atoms with Gasteiger partial charge in [-0.2, -0.15) is 0 Å². The van der Waals surface area contributed by atoms with Crippen LogP contribution in [0.5, 0.6) is 0 Å². The highest BCUT2D eigenvalue weighted by molar-refractivity contribution is 5.98. The Morgan fingerprint density at radius 2 is 1.40 bits per heavy atom. The van der Waals surface area contributed by atoms with Crippen LogP contribution < -0.4 is 10.6 Å². The molecule has 0 aliphatic carbocycles. The number of rotatable bonds is 12. The van der Waals surface area contributed by atoms with Gasteiger partial charge in [0.05, 0.1) is 0 Å². The van der Waals surface area contributed by atoms with E-state index in [-0.39, 0.29) is 24.5 Å². The van der Waals surface area contributed by atoms with Crippen molar-refractivity contribution in [3.05, 3.63) is 132 Å². The van der Waals surface area contributed by atoms with Crippen LogP contribution in [0.3, 0.4) is 0 Å². The Labute approximate surface area is 260 Å². The predicted octanol–water partition coefficient (Wildman–Crippen LogP) is 8.35. The number of furan rings is 1. The number of carboxylic acids is 1. The van der Waals surface area contributed by atoms with Gasteiger partial charge in [0, 0.05) is 47.2 Å². The Morgan fingerprint density at radius 3 is 2.16 bits per heavy atom. The lowest BCUT2D eigenvalue weighted by atomic mass is 9.98. The zero-order chi connectivity index (χ0) is 31.2. The Kier molecular flexibility index (Phi) is 8.69. The standard InChI is InChI=1S/C38H32N2O5/c41-34(12-6-14-37(42)43)26-15-19-30(20-16-26)39-33(23-28-10-5-9-25-7-1-3-11-32(25)28)38(44)40-31-21-17-27(18-22-31)36-24-29-8-2-4-13-35(29)45-36/h1-5,7-11,13,15-22,24,33,39H,6,12,14,23H2,(H,40,44)(H,42,43)/t33-/m0/s1. The molecule has 224 valence electrons. The molecular weight excluding hydrogens is 564 g/mol. The number of amides is 1. The van der Waals surface area contributed by atoms with E-state index in [4.69, 9.17) is 9.52 Å². The molecule has 0 fully saturated rings. The van der Waals surface area contributed by atoms with E-state index < -0.39 is 12.0 Å². The summed E-state index contributed by atoms with van der Waals surface area (Å²) in [4.78, 5) is 37.1. The molecule has 1 atom stereocenters. The minimum atomic E-state index is -0.917. The van der Waals surface area contributed by atoms with Gasteiger partial charge < -0.3 is 20.2 Å². The maximum Gasteiger partial charge on any atom is 0.303 e. The molecule has 1 aromatic heterocycles. The number of carbonyl (C=O) groups is 3. The number of para-hydroxylation sites is 1. The van der Waals surface area contributed by atoms with Gasteiger partial charge in [0.1, 0.15) is 17.4 Å². The second-order valence-corrected chi connectivity index (χ2v) is 11.0. The number of hydrogen-bond donors (Lipinski definition) is 3. The molecule has 7 heteroatoms. The fraction of sp³-hybridized carbons (Fsp3) is 0.132. The number of ketones is 1. The molecule has 1 heterocycles. The lowest BCUT2D eigenvalue weighted by molar-refractivity contribution is -0.137. The van der Waals surface area contributed by atoms with Crippen molar-refractivity contribution < 1.29 is 23.9 Å². The van der Waals surface area contributed by atoms with E-state index in [1.807, 2.05) is 78.9 Å². The molecular formula is C38H32N2O5. The zero-order valence-electron chi connectivity index (χ0n) is 24.5.